The van der Waals surface area contributed by atoms with E-state index in [0.717, 1.165) is 11.3 Å². The number of ether oxygens (including phenoxy) is 1. The predicted octanol–water partition coefficient (Wildman–Crippen LogP) is 2.23. The predicted molar refractivity (Wildman–Crippen MR) is 65.2 cm³/mol. The fourth-order valence-electron chi connectivity index (χ4n) is 1.42. The minimum atomic E-state index is -0.475. The number of carbonyl (C=O) groups is 1. The van der Waals surface area contributed by atoms with E-state index in [2.05, 4.69) is 9.99 Å². The highest BCUT2D eigenvalue weighted by molar-refractivity contribution is 6.38. The van der Waals surface area contributed by atoms with Gasteiger partial charge in [0.1, 0.15) is 11.5 Å². The largest absolute Gasteiger partial charge is 0.497 e. The maximum Gasteiger partial charge on any atom is 0.367 e. The van der Waals surface area contributed by atoms with E-state index in [1.165, 1.54) is 0 Å². The van der Waals surface area contributed by atoms with Crippen LogP contribution in [0.1, 0.15) is 5.56 Å². The molecule has 0 aliphatic carbocycles. The van der Waals surface area contributed by atoms with E-state index in [1.54, 1.807) is 13.2 Å². The summed E-state index contributed by atoms with van der Waals surface area (Å²) in [5, 5.41) is 3.59. The van der Waals surface area contributed by atoms with Gasteiger partial charge in [-0.05, 0) is 23.8 Å². The third-order valence-electron chi connectivity index (χ3n) is 2.32. The molecule has 0 saturated carbocycles. The molecule has 88 valence electrons. The molecule has 0 atom stereocenters. The van der Waals surface area contributed by atoms with Gasteiger partial charge in [-0.1, -0.05) is 17.3 Å². The molecular weight excluding hydrogens is 242 g/mol. The summed E-state index contributed by atoms with van der Waals surface area (Å²) >= 11 is 5.66. The van der Waals surface area contributed by atoms with E-state index in [-0.39, 0.29) is 5.88 Å². The molecular formula is C12H10ClNO3. The average Bonchev–Trinajstić information content (AvgIpc) is 2.71. The Morgan fingerprint density at radius 2 is 2.12 bits per heavy atom. The summed E-state index contributed by atoms with van der Waals surface area (Å²) in [6, 6.07) is 7.29. The summed E-state index contributed by atoms with van der Waals surface area (Å²) in [7, 11) is 1.60. The Labute approximate surface area is 103 Å². The number of benzene rings is 1. The van der Waals surface area contributed by atoms with Crippen LogP contribution in [0.15, 0.2) is 35.0 Å². The van der Waals surface area contributed by atoms with Gasteiger partial charge in [0.15, 0.2) is 0 Å². The summed E-state index contributed by atoms with van der Waals surface area (Å²) in [5.41, 5.74) is 1.70. The molecule has 4 nitrogen and oxygen atoms in total. The number of hydrogen-bond donors (Lipinski definition) is 0. The van der Waals surface area contributed by atoms with Crippen LogP contribution < -0.4 is 4.74 Å². The molecule has 0 amide bonds. The van der Waals surface area contributed by atoms with Gasteiger partial charge in [0.05, 0.1) is 18.6 Å². The molecule has 5 heteroatoms. The third-order valence-corrected chi connectivity index (χ3v) is 2.58. The maximum absolute atomic E-state index is 11.4. The van der Waals surface area contributed by atoms with Crippen molar-refractivity contribution in [2.75, 3.05) is 13.0 Å². The lowest BCUT2D eigenvalue weighted by Gasteiger charge is -2.00. The molecule has 0 unspecified atom stereocenters. The van der Waals surface area contributed by atoms with Crippen molar-refractivity contribution in [1.82, 2.24) is 0 Å². The van der Waals surface area contributed by atoms with Gasteiger partial charge in [-0.2, -0.15) is 0 Å². The standard InChI is InChI=1S/C12H10ClNO3/c1-16-9-4-2-8(3-5-9)6-10-11(7-13)14-17-12(10)15/h2-6H,7H2,1H3/b10-6-. The molecule has 1 heterocycles. The number of halogens is 1. The van der Waals surface area contributed by atoms with Gasteiger partial charge in [0.25, 0.3) is 0 Å². The molecule has 1 aliphatic heterocycles. The van der Waals surface area contributed by atoms with Gasteiger partial charge < -0.3 is 9.57 Å². The van der Waals surface area contributed by atoms with Crippen LogP contribution in [0.4, 0.5) is 0 Å². The highest BCUT2D eigenvalue weighted by atomic mass is 35.5. The highest BCUT2D eigenvalue weighted by Gasteiger charge is 2.24. The molecule has 0 spiro atoms. The van der Waals surface area contributed by atoms with Crippen molar-refractivity contribution >= 4 is 29.4 Å². The van der Waals surface area contributed by atoms with Crippen molar-refractivity contribution in [2.24, 2.45) is 5.16 Å². The Kier molecular flexibility index (Phi) is 3.44. The second-order valence-electron chi connectivity index (χ2n) is 3.38. The first-order chi connectivity index (χ1) is 8.24. The molecule has 0 saturated heterocycles. The van der Waals surface area contributed by atoms with Crippen LogP contribution in [0.5, 0.6) is 5.75 Å². The molecule has 0 radical (unpaired) electrons. The zero-order valence-corrected chi connectivity index (χ0v) is 9.90. The molecule has 2 rings (SSSR count). The number of nitrogens with zero attached hydrogens (tertiary/aromatic N) is 1. The van der Waals surface area contributed by atoms with Crippen molar-refractivity contribution in [2.45, 2.75) is 0 Å². The van der Waals surface area contributed by atoms with Crippen LogP contribution in [-0.2, 0) is 9.63 Å². The van der Waals surface area contributed by atoms with Gasteiger partial charge in [-0.15, -0.1) is 11.6 Å². The Morgan fingerprint density at radius 3 is 2.71 bits per heavy atom. The third kappa shape index (κ3) is 2.47. The van der Waals surface area contributed by atoms with E-state index >= 15 is 0 Å². The van der Waals surface area contributed by atoms with Crippen molar-refractivity contribution in [1.29, 1.82) is 0 Å². The smallest absolute Gasteiger partial charge is 0.367 e. The van der Waals surface area contributed by atoms with Gasteiger partial charge in [-0.25, -0.2) is 4.79 Å². The fraction of sp³-hybridized carbons (Fsp3) is 0.167. The van der Waals surface area contributed by atoms with E-state index < -0.39 is 5.97 Å². The second kappa shape index (κ2) is 5.01. The minimum absolute atomic E-state index is 0.147. The van der Waals surface area contributed by atoms with E-state index in [1.807, 2.05) is 24.3 Å². The van der Waals surface area contributed by atoms with Gasteiger partial charge in [-0.3, -0.25) is 0 Å². The first-order valence-corrected chi connectivity index (χ1v) is 5.48. The Balaban J connectivity index is 2.28. The zero-order chi connectivity index (χ0) is 12.3. The van der Waals surface area contributed by atoms with Crippen molar-refractivity contribution in [3.8, 4) is 5.75 Å². The molecule has 1 aromatic rings. The second-order valence-corrected chi connectivity index (χ2v) is 3.65. The lowest BCUT2D eigenvalue weighted by atomic mass is 10.1. The number of rotatable bonds is 3. The number of carbonyl (C=O) groups excluding carboxylic acids is 1. The van der Waals surface area contributed by atoms with Gasteiger partial charge >= 0.3 is 5.97 Å². The Bertz CT molecular complexity index is 491. The normalized spacial score (nSPS) is 16.9. The van der Waals surface area contributed by atoms with Crippen molar-refractivity contribution in [3.05, 3.63) is 35.4 Å². The number of hydrogen-bond acceptors (Lipinski definition) is 4. The van der Waals surface area contributed by atoms with Crippen LogP contribution in [-0.4, -0.2) is 24.7 Å². The van der Waals surface area contributed by atoms with E-state index in [4.69, 9.17) is 16.3 Å². The molecule has 0 aromatic heterocycles. The van der Waals surface area contributed by atoms with Crippen LogP contribution in [0.2, 0.25) is 0 Å². The summed E-state index contributed by atoms with van der Waals surface area (Å²) in [5.74, 6) is 0.428. The number of methoxy groups -OCH3 is 1. The average molecular weight is 252 g/mol. The van der Waals surface area contributed by atoms with Crippen molar-refractivity contribution in [3.63, 3.8) is 0 Å². The monoisotopic (exact) mass is 251 g/mol. The molecule has 0 N–H and O–H groups in total. The highest BCUT2D eigenvalue weighted by Crippen LogP contribution is 2.18. The molecule has 0 fully saturated rings. The summed E-state index contributed by atoms with van der Waals surface area (Å²) < 4.78 is 5.05. The van der Waals surface area contributed by atoms with Crippen LogP contribution in [0.3, 0.4) is 0 Å². The number of oxime groups is 1. The Hall–Kier alpha value is -1.81. The minimum Gasteiger partial charge on any atom is -0.497 e. The lowest BCUT2D eigenvalue weighted by Crippen LogP contribution is -2.06. The number of alkyl halides is 1. The van der Waals surface area contributed by atoms with Crippen LogP contribution in [0, 0.1) is 0 Å². The van der Waals surface area contributed by atoms with Gasteiger partial charge in [0, 0.05) is 0 Å². The quantitative estimate of drug-likeness (QED) is 0.470. The molecule has 17 heavy (non-hydrogen) atoms. The molecule has 1 aromatic carbocycles. The fourth-order valence-corrected chi connectivity index (χ4v) is 1.61. The maximum atomic E-state index is 11.4. The summed E-state index contributed by atoms with van der Waals surface area (Å²) in [4.78, 5) is 15.9. The van der Waals surface area contributed by atoms with E-state index in [9.17, 15) is 4.79 Å². The molecule has 0 bridgehead atoms. The summed E-state index contributed by atoms with van der Waals surface area (Å²) in [6.07, 6.45) is 1.69. The Morgan fingerprint density at radius 1 is 1.41 bits per heavy atom. The van der Waals surface area contributed by atoms with Crippen LogP contribution in [0.25, 0.3) is 6.08 Å². The summed E-state index contributed by atoms with van der Waals surface area (Å²) in [6.45, 7) is 0. The zero-order valence-electron chi connectivity index (χ0n) is 9.14. The van der Waals surface area contributed by atoms with E-state index in [0.29, 0.717) is 11.3 Å². The first kappa shape index (κ1) is 11.7. The molecule has 1 aliphatic rings. The van der Waals surface area contributed by atoms with Crippen molar-refractivity contribution < 1.29 is 14.4 Å². The topological polar surface area (TPSA) is 47.9 Å². The SMILES string of the molecule is COc1ccc(/C=C2\C(=O)ON=C2CCl)cc1. The van der Waals surface area contributed by atoms with Gasteiger partial charge in [0.2, 0.25) is 0 Å². The first-order valence-electron chi connectivity index (χ1n) is 4.95. The van der Waals surface area contributed by atoms with Crippen LogP contribution >= 0.6 is 11.6 Å². The lowest BCUT2D eigenvalue weighted by molar-refractivity contribution is -0.136.